The summed E-state index contributed by atoms with van der Waals surface area (Å²) in [5, 5.41) is 0. The van der Waals surface area contributed by atoms with Crippen LogP contribution in [0.3, 0.4) is 0 Å². The van der Waals surface area contributed by atoms with Gasteiger partial charge in [-0.1, -0.05) is 24.6 Å². The average Bonchev–Trinajstić information content (AvgIpc) is 3.01. The Balaban J connectivity index is 1.58. The Bertz CT molecular complexity index is 478. The van der Waals surface area contributed by atoms with Crippen molar-refractivity contribution in [2.45, 2.75) is 56.9 Å². The predicted octanol–water partition coefficient (Wildman–Crippen LogP) is 3.24. The summed E-state index contributed by atoms with van der Waals surface area (Å²) in [6.45, 7) is 0. The zero-order chi connectivity index (χ0) is 12.2. The molecule has 2 bridgehead atoms. The Labute approximate surface area is 110 Å². The summed E-state index contributed by atoms with van der Waals surface area (Å²) in [6.07, 6.45) is 10.5. The van der Waals surface area contributed by atoms with Crippen LogP contribution in [0.2, 0.25) is 0 Å². The van der Waals surface area contributed by atoms with Crippen LogP contribution in [0.1, 0.15) is 48.8 Å². The molecule has 0 aliphatic heterocycles. The molecule has 2 saturated carbocycles. The first-order chi connectivity index (χ1) is 8.73. The van der Waals surface area contributed by atoms with Gasteiger partial charge in [-0.25, -0.2) is 0 Å². The fraction of sp³-hybridized carbons (Fsp3) is 0.647. The van der Waals surface area contributed by atoms with Crippen molar-refractivity contribution in [1.82, 2.24) is 0 Å². The number of hydrogen-bond acceptors (Lipinski definition) is 1. The van der Waals surface area contributed by atoms with Crippen LogP contribution in [-0.2, 0) is 19.3 Å². The standard InChI is InChI=1S/C17H23N/c18-17(11-13-5-7-16(17)9-13)10-12-4-6-14-2-1-3-15(14)8-12/h4,6,8,13,16H,1-3,5,7,9-11,18H2. The van der Waals surface area contributed by atoms with Gasteiger partial charge in [-0.05, 0) is 73.5 Å². The quantitative estimate of drug-likeness (QED) is 0.845. The van der Waals surface area contributed by atoms with Gasteiger partial charge < -0.3 is 5.73 Å². The molecule has 0 spiro atoms. The van der Waals surface area contributed by atoms with Gasteiger partial charge in [0.05, 0.1) is 0 Å². The molecule has 2 N–H and O–H groups in total. The van der Waals surface area contributed by atoms with E-state index in [-0.39, 0.29) is 5.54 Å². The van der Waals surface area contributed by atoms with Crippen LogP contribution in [0.15, 0.2) is 18.2 Å². The second-order valence-corrected chi connectivity index (χ2v) is 6.95. The zero-order valence-electron chi connectivity index (χ0n) is 11.1. The van der Waals surface area contributed by atoms with E-state index < -0.39 is 0 Å². The molecule has 0 heterocycles. The number of nitrogens with two attached hydrogens (primary N) is 1. The molecule has 0 radical (unpaired) electrons. The SMILES string of the molecule is NC1(Cc2ccc3c(c2)CCC3)CC2CCC1C2. The van der Waals surface area contributed by atoms with E-state index in [0.29, 0.717) is 0 Å². The summed E-state index contributed by atoms with van der Waals surface area (Å²) < 4.78 is 0. The lowest BCUT2D eigenvalue weighted by Gasteiger charge is -2.34. The van der Waals surface area contributed by atoms with E-state index in [1.165, 1.54) is 50.5 Å². The first-order valence-corrected chi connectivity index (χ1v) is 7.62. The van der Waals surface area contributed by atoms with Crippen molar-refractivity contribution in [1.29, 1.82) is 0 Å². The average molecular weight is 241 g/mol. The van der Waals surface area contributed by atoms with Gasteiger partial charge in [-0.3, -0.25) is 0 Å². The predicted molar refractivity (Wildman–Crippen MR) is 74.5 cm³/mol. The van der Waals surface area contributed by atoms with Gasteiger partial charge in [0.1, 0.15) is 0 Å². The van der Waals surface area contributed by atoms with E-state index in [0.717, 1.165) is 18.3 Å². The highest BCUT2D eigenvalue weighted by atomic mass is 14.8. The molecule has 18 heavy (non-hydrogen) atoms. The Hall–Kier alpha value is -0.820. The summed E-state index contributed by atoms with van der Waals surface area (Å²) in [7, 11) is 0. The molecular weight excluding hydrogens is 218 g/mol. The van der Waals surface area contributed by atoms with Crippen molar-refractivity contribution in [2.75, 3.05) is 0 Å². The number of fused-ring (bicyclic) bond motifs is 3. The van der Waals surface area contributed by atoms with Crippen LogP contribution in [0.25, 0.3) is 0 Å². The van der Waals surface area contributed by atoms with Gasteiger partial charge >= 0.3 is 0 Å². The Morgan fingerprint density at radius 3 is 2.83 bits per heavy atom. The molecule has 96 valence electrons. The molecule has 3 atom stereocenters. The van der Waals surface area contributed by atoms with Crippen LogP contribution in [0.4, 0.5) is 0 Å². The van der Waals surface area contributed by atoms with Crippen molar-refractivity contribution in [3.63, 3.8) is 0 Å². The Kier molecular flexibility index (Phi) is 2.35. The monoisotopic (exact) mass is 241 g/mol. The van der Waals surface area contributed by atoms with Crippen molar-refractivity contribution in [3.8, 4) is 0 Å². The van der Waals surface area contributed by atoms with Gasteiger partial charge in [-0.2, -0.15) is 0 Å². The van der Waals surface area contributed by atoms with Crippen LogP contribution < -0.4 is 5.73 Å². The third kappa shape index (κ3) is 1.64. The maximum absolute atomic E-state index is 6.72. The summed E-state index contributed by atoms with van der Waals surface area (Å²) in [6, 6.07) is 7.14. The maximum Gasteiger partial charge on any atom is 0.0226 e. The Morgan fingerprint density at radius 2 is 2.06 bits per heavy atom. The number of rotatable bonds is 2. The van der Waals surface area contributed by atoms with Crippen LogP contribution in [0, 0.1) is 11.8 Å². The first kappa shape index (κ1) is 11.0. The van der Waals surface area contributed by atoms with Crippen LogP contribution >= 0.6 is 0 Å². The topological polar surface area (TPSA) is 26.0 Å². The van der Waals surface area contributed by atoms with Crippen LogP contribution in [-0.4, -0.2) is 5.54 Å². The number of aryl methyl sites for hydroxylation is 2. The minimum absolute atomic E-state index is 0.121. The smallest absolute Gasteiger partial charge is 0.0226 e. The first-order valence-electron chi connectivity index (χ1n) is 7.62. The third-order valence-corrected chi connectivity index (χ3v) is 5.72. The third-order valence-electron chi connectivity index (χ3n) is 5.72. The fourth-order valence-corrected chi connectivity index (χ4v) is 4.82. The number of hydrogen-bond donors (Lipinski definition) is 1. The summed E-state index contributed by atoms with van der Waals surface area (Å²) in [5.41, 5.74) is 11.5. The van der Waals surface area contributed by atoms with Crippen molar-refractivity contribution in [3.05, 3.63) is 34.9 Å². The van der Waals surface area contributed by atoms with Crippen molar-refractivity contribution >= 4 is 0 Å². The summed E-state index contributed by atoms with van der Waals surface area (Å²) in [4.78, 5) is 0. The molecule has 1 aromatic rings. The van der Waals surface area contributed by atoms with Gasteiger partial charge in [0.2, 0.25) is 0 Å². The molecule has 0 amide bonds. The fourth-order valence-electron chi connectivity index (χ4n) is 4.82. The number of benzene rings is 1. The van der Waals surface area contributed by atoms with E-state index >= 15 is 0 Å². The molecule has 0 saturated heterocycles. The largest absolute Gasteiger partial charge is 0.325 e. The van der Waals surface area contributed by atoms with E-state index in [9.17, 15) is 0 Å². The van der Waals surface area contributed by atoms with Crippen LogP contribution in [0.5, 0.6) is 0 Å². The lowest BCUT2D eigenvalue weighted by Crippen LogP contribution is -2.46. The highest BCUT2D eigenvalue weighted by Gasteiger charge is 2.48. The van der Waals surface area contributed by atoms with E-state index in [4.69, 9.17) is 5.73 Å². The lowest BCUT2D eigenvalue weighted by atomic mass is 9.77. The van der Waals surface area contributed by atoms with Crippen molar-refractivity contribution in [2.24, 2.45) is 17.6 Å². The molecule has 1 heteroatoms. The summed E-state index contributed by atoms with van der Waals surface area (Å²) >= 11 is 0. The molecule has 3 aliphatic carbocycles. The molecule has 1 nitrogen and oxygen atoms in total. The highest BCUT2D eigenvalue weighted by Crippen LogP contribution is 2.50. The molecule has 3 aliphatic rings. The highest BCUT2D eigenvalue weighted by molar-refractivity contribution is 5.36. The van der Waals surface area contributed by atoms with Gasteiger partial charge in [0, 0.05) is 5.54 Å². The minimum Gasteiger partial charge on any atom is -0.325 e. The summed E-state index contributed by atoms with van der Waals surface area (Å²) in [5.74, 6) is 1.74. The second kappa shape index (κ2) is 3.84. The lowest BCUT2D eigenvalue weighted by molar-refractivity contribution is 0.269. The van der Waals surface area contributed by atoms with E-state index in [2.05, 4.69) is 18.2 Å². The van der Waals surface area contributed by atoms with Crippen molar-refractivity contribution < 1.29 is 0 Å². The van der Waals surface area contributed by atoms with E-state index in [1.54, 1.807) is 11.1 Å². The molecule has 0 aromatic heterocycles. The van der Waals surface area contributed by atoms with Gasteiger partial charge in [-0.15, -0.1) is 0 Å². The molecule has 2 fully saturated rings. The van der Waals surface area contributed by atoms with Gasteiger partial charge in [0.25, 0.3) is 0 Å². The zero-order valence-corrected chi connectivity index (χ0v) is 11.1. The van der Waals surface area contributed by atoms with Gasteiger partial charge in [0.15, 0.2) is 0 Å². The molecule has 1 aromatic carbocycles. The minimum atomic E-state index is 0.121. The Morgan fingerprint density at radius 1 is 1.17 bits per heavy atom. The second-order valence-electron chi connectivity index (χ2n) is 6.95. The normalized spacial score (nSPS) is 37.2. The molecule has 3 unspecified atom stereocenters. The molecule has 4 rings (SSSR count). The van der Waals surface area contributed by atoms with E-state index in [1.807, 2.05) is 0 Å². The molecular formula is C17H23N. The maximum atomic E-state index is 6.72.